The van der Waals surface area contributed by atoms with Crippen molar-refractivity contribution in [3.05, 3.63) is 24.0 Å². The molecule has 3 heteroatoms. The predicted octanol–water partition coefficient (Wildman–Crippen LogP) is 2.16. The van der Waals surface area contributed by atoms with Gasteiger partial charge in [-0.1, -0.05) is 0 Å². The molecule has 1 saturated heterocycles. The first-order valence-corrected chi connectivity index (χ1v) is 6.11. The Balaban J connectivity index is 1.69. The van der Waals surface area contributed by atoms with Crippen LogP contribution in [-0.4, -0.2) is 24.7 Å². The molecule has 88 valence electrons. The summed E-state index contributed by atoms with van der Waals surface area (Å²) in [6.45, 7) is 5.11. The third kappa shape index (κ3) is 3.49. The lowest BCUT2D eigenvalue weighted by Gasteiger charge is -2.22. The molecule has 1 aromatic rings. The molecule has 1 aromatic heterocycles. The van der Waals surface area contributed by atoms with E-state index in [0.717, 1.165) is 36.9 Å². The van der Waals surface area contributed by atoms with Crippen LogP contribution >= 0.6 is 0 Å². The molecule has 0 spiro atoms. The van der Waals surface area contributed by atoms with Crippen LogP contribution in [0.15, 0.2) is 18.3 Å². The van der Waals surface area contributed by atoms with Gasteiger partial charge in [0.25, 0.3) is 0 Å². The maximum absolute atomic E-state index is 5.67. The maximum atomic E-state index is 5.67. The SMILES string of the molecule is Cc1ccc(OCCC2CCCNC2)cn1. The number of aromatic nitrogens is 1. The van der Waals surface area contributed by atoms with Crippen molar-refractivity contribution in [1.82, 2.24) is 10.3 Å². The molecule has 1 N–H and O–H groups in total. The molecular weight excluding hydrogens is 200 g/mol. The molecule has 0 aliphatic carbocycles. The van der Waals surface area contributed by atoms with Crippen molar-refractivity contribution >= 4 is 0 Å². The van der Waals surface area contributed by atoms with E-state index in [1.807, 2.05) is 19.1 Å². The molecule has 3 nitrogen and oxygen atoms in total. The molecule has 0 aromatic carbocycles. The minimum Gasteiger partial charge on any atom is -0.492 e. The molecule has 1 unspecified atom stereocenters. The van der Waals surface area contributed by atoms with E-state index in [4.69, 9.17) is 4.74 Å². The lowest BCUT2D eigenvalue weighted by Crippen LogP contribution is -2.30. The van der Waals surface area contributed by atoms with Crippen LogP contribution < -0.4 is 10.1 Å². The van der Waals surface area contributed by atoms with Crippen molar-refractivity contribution in [2.24, 2.45) is 5.92 Å². The van der Waals surface area contributed by atoms with E-state index in [1.54, 1.807) is 6.20 Å². The Labute approximate surface area is 97.2 Å². The molecule has 1 aliphatic rings. The summed E-state index contributed by atoms with van der Waals surface area (Å²) in [4.78, 5) is 4.21. The number of nitrogens with zero attached hydrogens (tertiary/aromatic N) is 1. The Morgan fingerprint density at radius 1 is 1.50 bits per heavy atom. The zero-order chi connectivity index (χ0) is 11.2. The summed E-state index contributed by atoms with van der Waals surface area (Å²) in [6.07, 6.45) is 5.58. The molecule has 0 radical (unpaired) electrons. The van der Waals surface area contributed by atoms with Crippen molar-refractivity contribution in [2.45, 2.75) is 26.2 Å². The van der Waals surface area contributed by atoms with E-state index in [9.17, 15) is 0 Å². The van der Waals surface area contributed by atoms with Gasteiger partial charge in [0, 0.05) is 5.69 Å². The monoisotopic (exact) mass is 220 g/mol. The largest absolute Gasteiger partial charge is 0.492 e. The van der Waals surface area contributed by atoms with Crippen LogP contribution in [0.5, 0.6) is 5.75 Å². The van der Waals surface area contributed by atoms with E-state index >= 15 is 0 Å². The second-order valence-electron chi connectivity index (χ2n) is 4.48. The van der Waals surface area contributed by atoms with Gasteiger partial charge in [0.05, 0.1) is 12.8 Å². The van der Waals surface area contributed by atoms with Gasteiger partial charge in [-0.15, -0.1) is 0 Å². The highest BCUT2D eigenvalue weighted by Crippen LogP contribution is 2.15. The minimum absolute atomic E-state index is 0.784. The fourth-order valence-corrected chi connectivity index (χ4v) is 2.05. The number of piperidine rings is 1. The van der Waals surface area contributed by atoms with Gasteiger partial charge in [0.2, 0.25) is 0 Å². The zero-order valence-corrected chi connectivity index (χ0v) is 9.91. The Morgan fingerprint density at radius 2 is 2.44 bits per heavy atom. The highest BCUT2D eigenvalue weighted by atomic mass is 16.5. The average molecular weight is 220 g/mol. The van der Waals surface area contributed by atoms with Crippen LogP contribution in [0.2, 0.25) is 0 Å². The second-order valence-corrected chi connectivity index (χ2v) is 4.48. The molecule has 16 heavy (non-hydrogen) atoms. The fraction of sp³-hybridized carbons (Fsp3) is 0.615. The molecule has 2 heterocycles. The third-order valence-electron chi connectivity index (χ3n) is 3.08. The second kappa shape index (κ2) is 5.85. The molecule has 1 fully saturated rings. The standard InChI is InChI=1S/C13H20N2O/c1-11-4-5-13(10-15-11)16-8-6-12-3-2-7-14-9-12/h4-5,10,12,14H,2-3,6-9H2,1H3. The molecule has 1 aliphatic heterocycles. The van der Waals surface area contributed by atoms with Gasteiger partial charge in [-0.3, -0.25) is 4.98 Å². The van der Waals surface area contributed by atoms with Crippen molar-refractivity contribution in [3.63, 3.8) is 0 Å². The number of aryl methyl sites for hydroxylation is 1. The molecule has 0 bridgehead atoms. The molecular formula is C13H20N2O. The van der Waals surface area contributed by atoms with E-state index < -0.39 is 0 Å². The molecule has 0 amide bonds. The number of ether oxygens (including phenoxy) is 1. The van der Waals surface area contributed by atoms with Crippen LogP contribution in [0, 0.1) is 12.8 Å². The van der Waals surface area contributed by atoms with Gasteiger partial charge in [0.1, 0.15) is 5.75 Å². The van der Waals surface area contributed by atoms with Gasteiger partial charge in [-0.05, 0) is 57.3 Å². The van der Waals surface area contributed by atoms with E-state index in [1.165, 1.54) is 19.4 Å². The lowest BCUT2D eigenvalue weighted by molar-refractivity contribution is 0.253. The first-order valence-electron chi connectivity index (χ1n) is 6.11. The summed E-state index contributed by atoms with van der Waals surface area (Å²) in [7, 11) is 0. The molecule has 2 rings (SSSR count). The van der Waals surface area contributed by atoms with E-state index in [2.05, 4.69) is 10.3 Å². The van der Waals surface area contributed by atoms with Crippen LogP contribution in [-0.2, 0) is 0 Å². The normalized spacial score (nSPS) is 20.7. The highest BCUT2D eigenvalue weighted by Gasteiger charge is 2.12. The van der Waals surface area contributed by atoms with Crippen molar-refractivity contribution < 1.29 is 4.74 Å². The quantitative estimate of drug-likeness (QED) is 0.844. The van der Waals surface area contributed by atoms with Crippen LogP contribution in [0.1, 0.15) is 25.0 Å². The smallest absolute Gasteiger partial charge is 0.137 e. The van der Waals surface area contributed by atoms with E-state index in [0.29, 0.717) is 0 Å². The van der Waals surface area contributed by atoms with Crippen LogP contribution in [0.25, 0.3) is 0 Å². The first-order chi connectivity index (χ1) is 7.84. The van der Waals surface area contributed by atoms with Crippen LogP contribution in [0.4, 0.5) is 0 Å². The summed E-state index contributed by atoms with van der Waals surface area (Å²) >= 11 is 0. The Bertz CT molecular complexity index is 304. The summed E-state index contributed by atoms with van der Waals surface area (Å²) < 4.78 is 5.67. The van der Waals surface area contributed by atoms with Gasteiger partial charge in [-0.2, -0.15) is 0 Å². The van der Waals surface area contributed by atoms with E-state index in [-0.39, 0.29) is 0 Å². The van der Waals surface area contributed by atoms with Crippen molar-refractivity contribution in [3.8, 4) is 5.75 Å². The number of rotatable bonds is 4. The topological polar surface area (TPSA) is 34.1 Å². The Kier molecular flexibility index (Phi) is 4.17. The Hall–Kier alpha value is -1.09. The summed E-state index contributed by atoms with van der Waals surface area (Å²) in [5, 5.41) is 3.42. The average Bonchev–Trinajstić information content (AvgIpc) is 2.33. The lowest BCUT2D eigenvalue weighted by atomic mass is 9.97. The Morgan fingerprint density at radius 3 is 3.12 bits per heavy atom. The fourth-order valence-electron chi connectivity index (χ4n) is 2.05. The number of nitrogens with one attached hydrogen (secondary N) is 1. The minimum atomic E-state index is 0.784. The van der Waals surface area contributed by atoms with Crippen molar-refractivity contribution in [2.75, 3.05) is 19.7 Å². The van der Waals surface area contributed by atoms with Gasteiger partial charge >= 0.3 is 0 Å². The van der Waals surface area contributed by atoms with Crippen molar-refractivity contribution in [1.29, 1.82) is 0 Å². The molecule has 1 atom stereocenters. The third-order valence-corrected chi connectivity index (χ3v) is 3.08. The zero-order valence-electron chi connectivity index (χ0n) is 9.91. The van der Waals surface area contributed by atoms with Gasteiger partial charge in [-0.25, -0.2) is 0 Å². The number of hydrogen-bond acceptors (Lipinski definition) is 3. The van der Waals surface area contributed by atoms with Crippen LogP contribution in [0.3, 0.4) is 0 Å². The summed E-state index contributed by atoms with van der Waals surface area (Å²) in [6, 6.07) is 3.97. The summed E-state index contributed by atoms with van der Waals surface area (Å²) in [5.41, 5.74) is 1.03. The predicted molar refractivity (Wildman–Crippen MR) is 64.7 cm³/mol. The molecule has 0 saturated carbocycles. The van der Waals surface area contributed by atoms with Gasteiger partial charge < -0.3 is 10.1 Å². The highest BCUT2D eigenvalue weighted by molar-refractivity contribution is 5.18. The maximum Gasteiger partial charge on any atom is 0.137 e. The first kappa shape index (κ1) is 11.4. The van der Waals surface area contributed by atoms with Gasteiger partial charge in [0.15, 0.2) is 0 Å². The number of hydrogen-bond donors (Lipinski definition) is 1. The number of pyridine rings is 1. The summed E-state index contributed by atoms with van der Waals surface area (Å²) in [5.74, 6) is 1.67.